The highest BCUT2D eigenvalue weighted by Crippen LogP contribution is 2.44. The van der Waals surface area contributed by atoms with E-state index in [0.717, 1.165) is 60.3 Å². The van der Waals surface area contributed by atoms with Gasteiger partial charge in [0.25, 0.3) is 0 Å². The predicted molar refractivity (Wildman–Crippen MR) is 118 cm³/mol. The van der Waals surface area contributed by atoms with E-state index in [4.69, 9.17) is 10.1 Å². The molecule has 2 aromatic heterocycles. The van der Waals surface area contributed by atoms with E-state index in [1.54, 1.807) is 4.68 Å². The van der Waals surface area contributed by atoms with E-state index in [-0.39, 0.29) is 22.0 Å². The van der Waals surface area contributed by atoms with Crippen molar-refractivity contribution < 1.29 is 14.1 Å². The molecule has 0 bridgehead atoms. The summed E-state index contributed by atoms with van der Waals surface area (Å²) in [4.78, 5) is 17.8. The summed E-state index contributed by atoms with van der Waals surface area (Å²) in [7, 11) is -3.58. The number of rotatable bonds is 4. The van der Waals surface area contributed by atoms with E-state index in [1.807, 2.05) is 13.8 Å². The zero-order chi connectivity index (χ0) is 22.6. The van der Waals surface area contributed by atoms with Crippen LogP contribution in [0.25, 0.3) is 0 Å². The minimum absolute atomic E-state index is 0.0200. The molecule has 4 rings (SSSR count). The number of carbonyl (C=O) groups excluding carboxylic acids is 1. The number of aryl methyl sites for hydroxylation is 1. The van der Waals surface area contributed by atoms with Gasteiger partial charge in [-0.3, -0.25) is 9.67 Å². The van der Waals surface area contributed by atoms with E-state index in [2.05, 4.69) is 28.6 Å². The van der Waals surface area contributed by atoms with Crippen LogP contribution in [0, 0.1) is 0 Å². The summed E-state index contributed by atoms with van der Waals surface area (Å²) >= 11 is 0. The zero-order valence-corrected chi connectivity index (χ0v) is 19.3. The fraction of sp³-hybridized carbons (Fsp3) is 0.571. The lowest BCUT2D eigenvalue weighted by atomic mass is 9.90. The topological polar surface area (TPSA) is 135 Å². The Hall–Kier alpha value is -2.30. The Morgan fingerprint density at radius 3 is 2.77 bits per heavy atom. The number of hydrogen-bond donors (Lipinski definition) is 3. The third kappa shape index (κ3) is 3.88. The van der Waals surface area contributed by atoms with Gasteiger partial charge in [0.1, 0.15) is 20.5 Å². The van der Waals surface area contributed by atoms with Gasteiger partial charge in [0.05, 0.1) is 18.0 Å². The van der Waals surface area contributed by atoms with Crippen molar-refractivity contribution in [2.45, 2.75) is 82.8 Å². The number of hydrogen-bond acceptors (Lipinski definition) is 5. The normalized spacial score (nSPS) is 18.5. The smallest absolute Gasteiger partial charge is 0.354 e. The number of aromatic nitrogens is 3. The zero-order valence-electron chi connectivity index (χ0n) is 18.4. The molecule has 0 spiro atoms. The van der Waals surface area contributed by atoms with Crippen molar-refractivity contribution in [3.05, 3.63) is 34.4 Å². The summed E-state index contributed by atoms with van der Waals surface area (Å²) < 4.78 is 18.5. The number of nitrogens with two attached hydrogens (primary N) is 1. The quantitative estimate of drug-likeness (QED) is 0.663. The largest absolute Gasteiger partial charge is 0.390 e. The molecule has 0 aliphatic heterocycles. The number of anilines is 1. The van der Waals surface area contributed by atoms with Gasteiger partial charge in [-0.15, -0.1) is 4.36 Å². The Morgan fingerprint density at radius 1 is 1.35 bits per heavy atom. The highest BCUT2D eigenvalue weighted by Gasteiger charge is 2.36. The summed E-state index contributed by atoms with van der Waals surface area (Å²) in [6.45, 7) is 7.68. The molecule has 0 saturated heterocycles. The third-order valence-corrected chi connectivity index (χ3v) is 7.59. The van der Waals surface area contributed by atoms with Crippen LogP contribution in [0.2, 0.25) is 0 Å². The maximum Gasteiger partial charge on any atom is 0.354 e. The van der Waals surface area contributed by atoms with Gasteiger partial charge >= 0.3 is 6.03 Å². The van der Waals surface area contributed by atoms with Gasteiger partial charge in [-0.25, -0.2) is 14.1 Å². The number of nitrogens with one attached hydrogen (secondary N) is 1. The van der Waals surface area contributed by atoms with Gasteiger partial charge in [-0.1, -0.05) is 13.8 Å². The molecular formula is C21H30N6O3S. The molecule has 31 heavy (non-hydrogen) atoms. The standard InChI is InChI=1S/C21H30N6O3S/c1-12(2)27-10-17(16(11-28)25-27)31(22,30)26-20(29)24-18-13-6-5-7-15(13)23-19-14(18)8-9-21(19,3)4/h10,12,28H,5-9,11H2,1-4H3,(H3,22,23,24,26,29,30)/t31-/m1/s1. The lowest BCUT2D eigenvalue weighted by molar-refractivity contribution is 0.259. The number of aliphatic hydroxyl groups is 1. The maximum absolute atomic E-state index is 13.1. The number of fused-ring (bicyclic) bond motifs is 2. The van der Waals surface area contributed by atoms with Gasteiger partial charge in [-0.05, 0) is 57.1 Å². The Morgan fingerprint density at radius 2 is 2.10 bits per heavy atom. The molecule has 2 aromatic rings. The molecule has 9 nitrogen and oxygen atoms in total. The van der Waals surface area contributed by atoms with Crippen LogP contribution in [0.4, 0.5) is 10.5 Å². The molecular weight excluding hydrogens is 416 g/mol. The van der Waals surface area contributed by atoms with Gasteiger partial charge in [0.2, 0.25) is 0 Å². The van der Waals surface area contributed by atoms with E-state index in [0.29, 0.717) is 0 Å². The molecule has 168 valence electrons. The van der Waals surface area contributed by atoms with E-state index < -0.39 is 22.6 Å². The van der Waals surface area contributed by atoms with Crippen molar-refractivity contribution >= 4 is 21.6 Å². The third-order valence-electron chi connectivity index (χ3n) is 6.18. The number of pyridine rings is 1. The number of amides is 2. The van der Waals surface area contributed by atoms with Crippen LogP contribution in [0.5, 0.6) is 0 Å². The van der Waals surface area contributed by atoms with Gasteiger partial charge in [-0.2, -0.15) is 5.10 Å². The van der Waals surface area contributed by atoms with Crippen LogP contribution in [-0.4, -0.2) is 30.1 Å². The first kappa shape index (κ1) is 21.9. The minimum atomic E-state index is -3.58. The van der Waals surface area contributed by atoms with E-state index in [1.165, 1.54) is 6.20 Å². The monoisotopic (exact) mass is 446 g/mol. The number of aliphatic hydroxyl groups excluding tert-OH is 1. The summed E-state index contributed by atoms with van der Waals surface area (Å²) in [6, 6.07) is -0.783. The molecule has 2 heterocycles. The summed E-state index contributed by atoms with van der Waals surface area (Å²) in [5.41, 5.74) is 5.01. The van der Waals surface area contributed by atoms with E-state index in [9.17, 15) is 14.1 Å². The van der Waals surface area contributed by atoms with Crippen LogP contribution in [0.15, 0.2) is 15.5 Å². The average Bonchev–Trinajstić information content (AvgIpc) is 3.39. The summed E-state index contributed by atoms with van der Waals surface area (Å²) in [6.07, 6.45) is 6.00. The molecule has 1 atom stereocenters. The van der Waals surface area contributed by atoms with Crippen molar-refractivity contribution in [1.29, 1.82) is 0 Å². The first-order valence-corrected chi connectivity index (χ1v) is 12.2. The lowest BCUT2D eigenvalue weighted by Gasteiger charge is -2.20. The maximum atomic E-state index is 13.1. The first-order chi connectivity index (χ1) is 14.5. The SMILES string of the molecule is CC(C)n1cc([S@](N)(=O)=NC(=O)Nc2c3c(nc4c2CCC4(C)C)CCC3)c(CO)n1. The van der Waals surface area contributed by atoms with Crippen LogP contribution in [0.1, 0.15) is 74.8 Å². The molecule has 10 heteroatoms. The highest BCUT2D eigenvalue weighted by molar-refractivity contribution is 7.91. The first-order valence-electron chi connectivity index (χ1n) is 10.6. The number of nitrogens with zero attached hydrogens (tertiary/aromatic N) is 4. The molecule has 2 aliphatic rings. The van der Waals surface area contributed by atoms with Gasteiger partial charge < -0.3 is 10.4 Å². The second kappa shape index (κ2) is 7.68. The van der Waals surface area contributed by atoms with Gasteiger partial charge in [0, 0.05) is 23.3 Å². The fourth-order valence-corrected chi connectivity index (χ4v) is 5.56. The van der Waals surface area contributed by atoms with E-state index >= 15 is 0 Å². The highest BCUT2D eigenvalue weighted by atomic mass is 32.2. The van der Waals surface area contributed by atoms with Crippen LogP contribution in [0.3, 0.4) is 0 Å². The second-order valence-electron chi connectivity index (χ2n) is 9.24. The molecule has 0 saturated carbocycles. The molecule has 4 N–H and O–H groups in total. The van der Waals surface area contributed by atoms with Crippen molar-refractivity contribution in [1.82, 2.24) is 14.8 Å². The Bertz CT molecular complexity index is 1170. The van der Waals surface area contributed by atoms with Crippen LogP contribution in [-0.2, 0) is 41.2 Å². The number of urea groups is 1. The molecule has 0 unspecified atom stereocenters. The summed E-state index contributed by atoms with van der Waals surface area (Å²) in [5.74, 6) is 0. The Kier molecular flexibility index (Phi) is 5.43. The Labute approximate surface area is 182 Å². The molecule has 0 aromatic carbocycles. The van der Waals surface area contributed by atoms with Crippen LogP contribution < -0.4 is 10.5 Å². The van der Waals surface area contributed by atoms with Crippen LogP contribution >= 0.6 is 0 Å². The molecule has 0 radical (unpaired) electrons. The van der Waals surface area contributed by atoms with Crippen molar-refractivity contribution in [2.24, 2.45) is 9.50 Å². The predicted octanol–water partition coefficient (Wildman–Crippen LogP) is 3.00. The second-order valence-corrected chi connectivity index (χ2v) is 11.0. The minimum Gasteiger partial charge on any atom is -0.390 e. The molecule has 2 amide bonds. The molecule has 2 aliphatic carbocycles. The number of carbonyl (C=O) groups is 1. The lowest BCUT2D eigenvalue weighted by Crippen LogP contribution is -2.20. The summed E-state index contributed by atoms with van der Waals surface area (Å²) in [5, 5.41) is 22.7. The molecule has 0 fully saturated rings. The van der Waals surface area contributed by atoms with Gasteiger partial charge in [0.15, 0.2) is 0 Å². The fourth-order valence-electron chi connectivity index (χ4n) is 4.47. The average molecular weight is 447 g/mol. The Balaban J connectivity index is 1.72. The van der Waals surface area contributed by atoms with Crippen molar-refractivity contribution in [3.63, 3.8) is 0 Å². The van der Waals surface area contributed by atoms with Crippen molar-refractivity contribution in [3.8, 4) is 0 Å². The van der Waals surface area contributed by atoms with Crippen molar-refractivity contribution in [2.75, 3.05) is 5.32 Å².